The summed E-state index contributed by atoms with van der Waals surface area (Å²) in [6, 6.07) is 3.93. The van der Waals surface area contributed by atoms with Gasteiger partial charge in [0.05, 0.1) is 15.5 Å². The summed E-state index contributed by atoms with van der Waals surface area (Å²) in [6.45, 7) is 8.25. The number of amides is 1. The molecule has 1 amide bonds. The standard InChI is InChI=1S/C14H21ClN2O3S/c1-5-17(6-2)14(18)12-9-11(7-8-13(12)15)21(19,20)16-10(3)4/h7-10,16H,5-6H2,1-4H3. The first kappa shape index (κ1) is 17.9. The van der Waals surface area contributed by atoms with Gasteiger partial charge in [-0.15, -0.1) is 0 Å². The Kier molecular flexibility index (Phi) is 6.19. The molecule has 0 saturated carbocycles. The average Bonchev–Trinajstić information content (AvgIpc) is 2.38. The van der Waals surface area contributed by atoms with Gasteiger partial charge in [0.25, 0.3) is 5.91 Å². The zero-order valence-corrected chi connectivity index (χ0v) is 14.3. The van der Waals surface area contributed by atoms with Gasteiger partial charge >= 0.3 is 0 Å². The first-order valence-electron chi connectivity index (χ1n) is 6.84. The quantitative estimate of drug-likeness (QED) is 0.870. The Morgan fingerprint density at radius 3 is 2.33 bits per heavy atom. The van der Waals surface area contributed by atoms with E-state index in [4.69, 9.17) is 11.6 Å². The van der Waals surface area contributed by atoms with Crippen LogP contribution in [-0.4, -0.2) is 38.4 Å². The lowest BCUT2D eigenvalue weighted by molar-refractivity contribution is 0.0773. The van der Waals surface area contributed by atoms with Crippen molar-refractivity contribution in [3.63, 3.8) is 0 Å². The number of carbonyl (C=O) groups excluding carboxylic acids is 1. The number of nitrogens with zero attached hydrogens (tertiary/aromatic N) is 1. The molecule has 1 N–H and O–H groups in total. The van der Waals surface area contributed by atoms with E-state index < -0.39 is 10.0 Å². The summed E-state index contributed by atoms with van der Waals surface area (Å²) in [5, 5.41) is 0.246. The fraction of sp³-hybridized carbons (Fsp3) is 0.500. The van der Waals surface area contributed by atoms with Crippen molar-refractivity contribution in [2.24, 2.45) is 0 Å². The molecular weight excluding hydrogens is 312 g/mol. The molecule has 0 fully saturated rings. The first-order valence-corrected chi connectivity index (χ1v) is 8.70. The van der Waals surface area contributed by atoms with E-state index in [1.807, 2.05) is 13.8 Å². The Hall–Kier alpha value is -1.11. The number of halogens is 1. The summed E-state index contributed by atoms with van der Waals surface area (Å²) in [4.78, 5) is 14.0. The van der Waals surface area contributed by atoms with Crippen molar-refractivity contribution in [3.8, 4) is 0 Å². The fourth-order valence-corrected chi connectivity index (χ4v) is 3.37. The largest absolute Gasteiger partial charge is 0.339 e. The molecule has 0 aliphatic rings. The van der Waals surface area contributed by atoms with Crippen molar-refractivity contribution in [3.05, 3.63) is 28.8 Å². The normalized spacial score (nSPS) is 11.7. The Labute approximate surface area is 131 Å². The molecule has 0 spiro atoms. The number of nitrogens with one attached hydrogen (secondary N) is 1. The van der Waals surface area contributed by atoms with E-state index in [9.17, 15) is 13.2 Å². The van der Waals surface area contributed by atoms with E-state index in [0.29, 0.717) is 13.1 Å². The molecule has 0 aliphatic carbocycles. The van der Waals surface area contributed by atoms with Crippen LogP contribution >= 0.6 is 11.6 Å². The van der Waals surface area contributed by atoms with Crippen molar-refractivity contribution in [2.75, 3.05) is 13.1 Å². The number of benzene rings is 1. The summed E-state index contributed by atoms with van der Waals surface area (Å²) >= 11 is 6.04. The third-order valence-electron chi connectivity index (χ3n) is 2.92. The van der Waals surface area contributed by atoms with Crippen molar-refractivity contribution in [1.82, 2.24) is 9.62 Å². The van der Waals surface area contributed by atoms with Crippen LogP contribution in [-0.2, 0) is 10.0 Å². The highest BCUT2D eigenvalue weighted by atomic mass is 35.5. The minimum atomic E-state index is -3.65. The third-order valence-corrected chi connectivity index (χ3v) is 4.91. The van der Waals surface area contributed by atoms with Gasteiger partial charge in [-0.05, 0) is 45.9 Å². The van der Waals surface area contributed by atoms with Crippen molar-refractivity contribution < 1.29 is 13.2 Å². The molecule has 1 aromatic carbocycles. The van der Waals surface area contributed by atoms with E-state index in [1.165, 1.54) is 18.2 Å². The van der Waals surface area contributed by atoms with Crippen LogP contribution in [0, 0.1) is 0 Å². The van der Waals surface area contributed by atoms with Gasteiger partial charge in [0, 0.05) is 19.1 Å². The predicted octanol–water partition coefficient (Wildman–Crippen LogP) is 2.51. The molecule has 7 heteroatoms. The van der Waals surface area contributed by atoms with Gasteiger partial charge in [-0.3, -0.25) is 4.79 Å². The van der Waals surface area contributed by atoms with Crippen LogP contribution in [0.3, 0.4) is 0 Å². The monoisotopic (exact) mass is 332 g/mol. The lowest BCUT2D eigenvalue weighted by Gasteiger charge is -2.20. The maximum atomic E-state index is 12.4. The summed E-state index contributed by atoms with van der Waals surface area (Å²) in [7, 11) is -3.65. The van der Waals surface area contributed by atoms with Crippen LogP contribution in [0.5, 0.6) is 0 Å². The molecule has 0 aliphatic heterocycles. The molecule has 0 heterocycles. The molecule has 0 saturated heterocycles. The van der Waals surface area contributed by atoms with Crippen LogP contribution in [0.25, 0.3) is 0 Å². The maximum absolute atomic E-state index is 12.4. The highest BCUT2D eigenvalue weighted by Crippen LogP contribution is 2.22. The van der Waals surface area contributed by atoms with E-state index >= 15 is 0 Å². The zero-order chi connectivity index (χ0) is 16.2. The molecule has 5 nitrogen and oxygen atoms in total. The smallest absolute Gasteiger partial charge is 0.255 e. The Morgan fingerprint density at radius 1 is 1.29 bits per heavy atom. The molecule has 1 rings (SSSR count). The minimum absolute atomic E-state index is 0.0381. The predicted molar refractivity (Wildman–Crippen MR) is 84.2 cm³/mol. The molecule has 0 bridgehead atoms. The van der Waals surface area contributed by atoms with E-state index in [2.05, 4.69) is 4.72 Å². The van der Waals surface area contributed by atoms with Gasteiger partial charge in [-0.2, -0.15) is 0 Å². The van der Waals surface area contributed by atoms with Gasteiger partial charge in [0.1, 0.15) is 0 Å². The van der Waals surface area contributed by atoms with Gasteiger partial charge < -0.3 is 4.90 Å². The Balaban J connectivity index is 3.26. The SMILES string of the molecule is CCN(CC)C(=O)c1cc(S(=O)(=O)NC(C)C)ccc1Cl. The molecule has 0 aromatic heterocycles. The minimum Gasteiger partial charge on any atom is -0.339 e. The van der Waals surface area contributed by atoms with Crippen LogP contribution < -0.4 is 4.72 Å². The molecular formula is C14H21ClN2O3S. The van der Waals surface area contributed by atoms with Crippen molar-refractivity contribution in [1.29, 1.82) is 0 Å². The Morgan fingerprint density at radius 2 is 1.86 bits per heavy atom. The van der Waals surface area contributed by atoms with Crippen LogP contribution in [0.4, 0.5) is 0 Å². The highest BCUT2D eigenvalue weighted by Gasteiger charge is 2.21. The molecule has 0 radical (unpaired) electrons. The molecule has 21 heavy (non-hydrogen) atoms. The lowest BCUT2D eigenvalue weighted by atomic mass is 10.2. The summed E-state index contributed by atoms with van der Waals surface area (Å²) < 4.78 is 26.8. The van der Waals surface area contributed by atoms with Crippen molar-refractivity contribution in [2.45, 2.75) is 38.6 Å². The van der Waals surface area contributed by atoms with Gasteiger partial charge in [0.15, 0.2) is 0 Å². The molecule has 0 unspecified atom stereocenters. The number of sulfonamides is 1. The fourth-order valence-electron chi connectivity index (χ4n) is 1.89. The second-order valence-corrected chi connectivity index (χ2v) is 7.02. The molecule has 118 valence electrons. The van der Waals surface area contributed by atoms with E-state index in [0.717, 1.165) is 0 Å². The third kappa shape index (κ3) is 4.43. The highest BCUT2D eigenvalue weighted by molar-refractivity contribution is 7.89. The van der Waals surface area contributed by atoms with Crippen LogP contribution in [0.15, 0.2) is 23.1 Å². The average molecular weight is 333 g/mol. The molecule has 0 atom stereocenters. The van der Waals surface area contributed by atoms with Gasteiger partial charge in [-0.1, -0.05) is 11.6 Å². The number of hydrogen-bond donors (Lipinski definition) is 1. The van der Waals surface area contributed by atoms with E-state index in [-0.39, 0.29) is 27.4 Å². The summed E-state index contributed by atoms with van der Waals surface area (Å²) in [5.74, 6) is -0.272. The second kappa shape index (κ2) is 7.24. The number of carbonyl (C=O) groups is 1. The summed E-state index contributed by atoms with van der Waals surface area (Å²) in [5.41, 5.74) is 0.201. The molecule has 1 aromatic rings. The topological polar surface area (TPSA) is 66.5 Å². The van der Waals surface area contributed by atoms with Crippen LogP contribution in [0.2, 0.25) is 5.02 Å². The maximum Gasteiger partial charge on any atom is 0.255 e. The number of hydrogen-bond acceptors (Lipinski definition) is 3. The zero-order valence-electron chi connectivity index (χ0n) is 12.7. The van der Waals surface area contributed by atoms with Crippen LogP contribution in [0.1, 0.15) is 38.1 Å². The van der Waals surface area contributed by atoms with Gasteiger partial charge in [0.2, 0.25) is 10.0 Å². The Bertz CT molecular complexity index is 611. The summed E-state index contributed by atoms with van der Waals surface area (Å²) in [6.07, 6.45) is 0. The van der Waals surface area contributed by atoms with Gasteiger partial charge in [-0.25, -0.2) is 13.1 Å². The second-order valence-electron chi connectivity index (χ2n) is 4.90. The van der Waals surface area contributed by atoms with E-state index in [1.54, 1.807) is 18.7 Å². The number of rotatable bonds is 6. The van der Waals surface area contributed by atoms with Crippen molar-refractivity contribution >= 4 is 27.5 Å². The first-order chi connectivity index (χ1) is 9.72. The lowest BCUT2D eigenvalue weighted by Crippen LogP contribution is -2.32.